The first-order chi connectivity index (χ1) is 12.2. The maximum atomic E-state index is 12.7. The van der Waals surface area contributed by atoms with Crippen molar-refractivity contribution in [3.63, 3.8) is 0 Å². The van der Waals surface area contributed by atoms with Gasteiger partial charge in [-0.25, -0.2) is 4.98 Å². The molecule has 1 atom stereocenters. The van der Waals surface area contributed by atoms with Gasteiger partial charge >= 0.3 is 0 Å². The lowest BCUT2D eigenvalue weighted by atomic mass is 10.0. The lowest BCUT2D eigenvalue weighted by Crippen LogP contribution is -2.30. The van der Waals surface area contributed by atoms with Crippen LogP contribution in [0.25, 0.3) is 11.4 Å². The molecule has 25 heavy (non-hydrogen) atoms. The van der Waals surface area contributed by atoms with Gasteiger partial charge in [0.15, 0.2) is 5.82 Å². The van der Waals surface area contributed by atoms with Crippen molar-refractivity contribution in [2.75, 3.05) is 13.6 Å². The van der Waals surface area contributed by atoms with E-state index in [1.807, 2.05) is 36.2 Å². The van der Waals surface area contributed by atoms with Crippen LogP contribution in [0.3, 0.4) is 0 Å². The van der Waals surface area contributed by atoms with E-state index in [1.54, 1.807) is 0 Å². The van der Waals surface area contributed by atoms with Crippen molar-refractivity contribution >= 4 is 5.91 Å². The number of hydrogen-bond donors (Lipinski definition) is 1. The molecule has 1 amide bonds. The van der Waals surface area contributed by atoms with Gasteiger partial charge in [-0.1, -0.05) is 36.4 Å². The number of benzene rings is 2. The number of nitrogens with one attached hydrogen (secondary N) is 1. The zero-order valence-electron chi connectivity index (χ0n) is 14.1. The van der Waals surface area contributed by atoms with Gasteiger partial charge in [-0.3, -0.25) is 9.89 Å². The highest BCUT2D eigenvalue weighted by Gasteiger charge is 2.25. The summed E-state index contributed by atoms with van der Waals surface area (Å²) in [6.45, 7) is 0.750. The predicted octanol–water partition coefficient (Wildman–Crippen LogP) is 3.27. The molecule has 1 N–H and O–H groups in total. The first kappa shape index (κ1) is 15.6. The maximum Gasteiger partial charge on any atom is 0.253 e. The van der Waals surface area contributed by atoms with Crippen molar-refractivity contribution in [1.29, 1.82) is 0 Å². The first-order valence-corrected chi connectivity index (χ1v) is 8.51. The predicted molar refractivity (Wildman–Crippen MR) is 96.3 cm³/mol. The van der Waals surface area contributed by atoms with Gasteiger partial charge in [-0.2, -0.15) is 5.10 Å². The quantitative estimate of drug-likeness (QED) is 0.797. The van der Waals surface area contributed by atoms with Gasteiger partial charge in [0.1, 0.15) is 6.33 Å². The molecule has 5 heteroatoms. The Hall–Kier alpha value is -2.95. The summed E-state index contributed by atoms with van der Waals surface area (Å²) in [5.74, 6) is 1.18. The molecule has 0 saturated heterocycles. The fourth-order valence-corrected chi connectivity index (χ4v) is 3.58. The fraction of sp³-hybridized carbons (Fsp3) is 0.250. The van der Waals surface area contributed by atoms with E-state index in [0.717, 1.165) is 24.9 Å². The van der Waals surface area contributed by atoms with E-state index < -0.39 is 0 Å². The van der Waals surface area contributed by atoms with Crippen LogP contribution in [0.1, 0.15) is 33.8 Å². The molecule has 3 aromatic rings. The van der Waals surface area contributed by atoms with Gasteiger partial charge in [-0.05, 0) is 36.1 Å². The molecule has 1 unspecified atom stereocenters. The maximum absolute atomic E-state index is 12.7. The average molecular weight is 332 g/mol. The van der Waals surface area contributed by atoms with Crippen LogP contribution in [0.15, 0.2) is 54.9 Å². The molecule has 1 aromatic heterocycles. The molecule has 0 bridgehead atoms. The standard InChI is InChI=1S/C20H20N4O/c1-24(12-17-11-6-14-4-2-3-5-18(14)17)20(25)16-9-7-15(8-10-16)19-21-13-22-23-19/h2-5,7-10,13,17H,6,11-12H2,1H3,(H,21,22,23). The second-order valence-corrected chi connectivity index (χ2v) is 6.53. The van der Waals surface area contributed by atoms with Crippen LogP contribution in [0, 0.1) is 0 Å². The Labute approximate surface area is 146 Å². The molecular weight excluding hydrogens is 312 g/mol. The Kier molecular flexibility index (Phi) is 4.06. The van der Waals surface area contributed by atoms with Gasteiger partial charge in [0.2, 0.25) is 0 Å². The fourth-order valence-electron chi connectivity index (χ4n) is 3.58. The van der Waals surface area contributed by atoms with Crippen molar-refractivity contribution < 1.29 is 4.79 Å². The zero-order chi connectivity index (χ0) is 17.2. The molecule has 4 rings (SSSR count). The third kappa shape index (κ3) is 3.05. The van der Waals surface area contributed by atoms with Crippen LogP contribution in [0.5, 0.6) is 0 Å². The lowest BCUT2D eigenvalue weighted by molar-refractivity contribution is 0.0786. The summed E-state index contributed by atoms with van der Waals surface area (Å²) in [5, 5.41) is 6.67. The number of nitrogens with zero attached hydrogens (tertiary/aromatic N) is 3. The molecule has 2 aromatic carbocycles. The second kappa shape index (κ2) is 6.51. The smallest absolute Gasteiger partial charge is 0.253 e. The number of carbonyl (C=O) groups is 1. The minimum atomic E-state index is 0.0495. The highest BCUT2D eigenvalue weighted by atomic mass is 16.2. The minimum Gasteiger partial charge on any atom is -0.341 e. The van der Waals surface area contributed by atoms with Crippen molar-refractivity contribution in [3.8, 4) is 11.4 Å². The monoisotopic (exact) mass is 332 g/mol. The van der Waals surface area contributed by atoms with E-state index in [9.17, 15) is 4.79 Å². The Bertz CT molecular complexity index is 871. The highest BCUT2D eigenvalue weighted by Crippen LogP contribution is 2.33. The number of hydrogen-bond acceptors (Lipinski definition) is 3. The number of aromatic amines is 1. The number of rotatable bonds is 4. The van der Waals surface area contributed by atoms with E-state index >= 15 is 0 Å². The molecule has 1 aliphatic rings. The molecule has 1 heterocycles. The first-order valence-electron chi connectivity index (χ1n) is 8.51. The third-order valence-electron chi connectivity index (χ3n) is 4.92. The van der Waals surface area contributed by atoms with Crippen molar-refractivity contribution in [3.05, 3.63) is 71.5 Å². The molecule has 0 fully saturated rings. The number of H-pyrrole nitrogens is 1. The van der Waals surface area contributed by atoms with Crippen LogP contribution in [-0.2, 0) is 6.42 Å². The molecule has 1 aliphatic carbocycles. The number of fused-ring (bicyclic) bond motifs is 1. The van der Waals surface area contributed by atoms with Crippen LogP contribution < -0.4 is 0 Å². The Balaban J connectivity index is 1.46. The van der Waals surface area contributed by atoms with E-state index in [-0.39, 0.29) is 5.91 Å². The lowest BCUT2D eigenvalue weighted by Gasteiger charge is -2.22. The summed E-state index contributed by atoms with van der Waals surface area (Å²) < 4.78 is 0. The van der Waals surface area contributed by atoms with Gasteiger partial charge < -0.3 is 4.90 Å². The Morgan fingerprint density at radius 1 is 1.20 bits per heavy atom. The highest BCUT2D eigenvalue weighted by molar-refractivity contribution is 5.94. The van der Waals surface area contributed by atoms with Crippen LogP contribution in [-0.4, -0.2) is 39.6 Å². The normalized spacial score (nSPS) is 15.8. The molecule has 0 aliphatic heterocycles. The summed E-state index contributed by atoms with van der Waals surface area (Å²) in [7, 11) is 1.88. The van der Waals surface area contributed by atoms with Crippen LogP contribution in [0.2, 0.25) is 0 Å². The summed E-state index contributed by atoms with van der Waals surface area (Å²) in [6, 6.07) is 16.0. The Morgan fingerprint density at radius 3 is 2.76 bits per heavy atom. The zero-order valence-corrected chi connectivity index (χ0v) is 14.1. The molecule has 5 nitrogen and oxygen atoms in total. The largest absolute Gasteiger partial charge is 0.341 e. The third-order valence-corrected chi connectivity index (χ3v) is 4.92. The van der Waals surface area contributed by atoms with Gasteiger partial charge in [0.05, 0.1) is 0 Å². The van der Waals surface area contributed by atoms with Crippen molar-refractivity contribution in [2.24, 2.45) is 0 Å². The van der Waals surface area contributed by atoms with Crippen molar-refractivity contribution in [2.45, 2.75) is 18.8 Å². The number of aromatic nitrogens is 3. The van der Waals surface area contributed by atoms with Crippen LogP contribution in [0.4, 0.5) is 0 Å². The number of aryl methyl sites for hydroxylation is 1. The van der Waals surface area contributed by atoms with E-state index in [1.165, 1.54) is 17.5 Å². The van der Waals surface area contributed by atoms with E-state index in [2.05, 4.69) is 39.4 Å². The summed E-state index contributed by atoms with van der Waals surface area (Å²) in [6.07, 6.45) is 3.69. The average Bonchev–Trinajstić information content (AvgIpc) is 3.32. The van der Waals surface area contributed by atoms with Crippen molar-refractivity contribution in [1.82, 2.24) is 20.1 Å². The molecule has 0 radical (unpaired) electrons. The molecule has 0 saturated carbocycles. The molecule has 126 valence electrons. The van der Waals surface area contributed by atoms with E-state index in [4.69, 9.17) is 0 Å². The van der Waals surface area contributed by atoms with Gasteiger partial charge in [-0.15, -0.1) is 0 Å². The molecule has 0 spiro atoms. The topological polar surface area (TPSA) is 61.9 Å². The summed E-state index contributed by atoms with van der Waals surface area (Å²) in [5.41, 5.74) is 4.42. The number of likely N-dealkylation sites (N-methyl/N-ethyl adjacent to an activating group) is 1. The van der Waals surface area contributed by atoms with Gasteiger partial charge in [0.25, 0.3) is 5.91 Å². The van der Waals surface area contributed by atoms with E-state index in [0.29, 0.717) is 17.3 Å². The van der Waals surface area contributed by atoms with Crippen LogP contribution >= 0.6 is 0 Å². The summed E-state index contributed by atoms with van der Waals surface area (Å²) >= 11 is 0. The molecular formula is C20H20N4O. The summed E-state index contributed by atoms with van der Waals surface area (Å²) in [4.78, 5) is 18.7. The number of amides is 1. The minimum absolute atomic E-state index is 0.0495. The SMILES string of the molecule is CN(CC1CCc2ccccc21)C(=O)c1ccc(-c2ncn[nH]2)cc1. The Morgan fingerprint density at radius 2 is 2.00 bits per heavy atom. The number of carbonyl (C=O) groups excluding carboxylic acids is 1. The second-order valence-electron chi connectivity index (χ2n) is 6.53. The van der Waals surface area contributed by atoms with Gasteiger partial charge in [0, 0.05) is 30.6 Å².